The fraction of sp³-hybridized carbons (Fsp3) is 0.0690. The van der Waals surface area contributed by atoms with Crippen LogP contribution in [0.2, 0.25) is 0 Å². The van der Waals surface area contributed by atoms with Crippen molar-refractivity contribution in [1.29, 1.82) is 0 Å². The molecule has 0 radical (unpaired) electrons. The Morgan fingerprint density at radius 2 is 1.03 bits per heavy atom. The smallest absolute Gasteiger partial charge is 0.0964 e. The lowest BCUT2D eigenvalue weighted by atomic mass is 9.93. The van der Waals surface area contributed by atoms with E-state index in [1.807, 2.05) is 6.33 Å². The first kappa shape index (κ1) is 16.8. The maximum atomic E-state index is 4.82. The lowest BCUT2D eigenvalue weighted by Gasteiger charge is -2.12. The molecule has 1 N–H and O–H groups in total. The van der Waals surface area contributed by atoms with Gasteiger partial charge in [-0.15, -0.1) is 0 Å². The number of nitrogens with zero attached hydrogens (tertiary/aromatic N) is 1. The van der Waals surface area contributed by atoms with Crippen LogP contribution in [0.3, 0.4) is 0 Å². The lowest BCUT2D eigenvalue weighted by Crippen LogP contribution is -1.93. The first-order chi connectivity index (χ1) is 15.4. The minimum atomic E-state index is 0.965. The molecule has 0 saturated carbocycles. The van der Waals surface area contributed by atoms with E-state index in [1.54, 1.807) is 0 Å². The molecule has 2 aliphatic carbocycles. The van der Waals surface area contributed by atoms with Gasteiger partial charge < -0.3 is 4.98 Å². The Hall–Kier alpha value is -3.91. The summed E-state index contributed by atoms with van der Waals surface area (Å²) in [6.45, 7) is 0. The van der Waals surface area contributed by atoms with E-state index in [4.69, 9.17) is 4.98 Å². The van der Waals surface area contributed by atoms with Gasteiger partial charge in [0.2, 0.25) is 0 Å². The summed E-state index contributed by atoms with van der Waals surface area (Å²) in [4.78, 5) is 8.30. The number of rotatable bonds is 2. The van der Waals surface area contributed by atoms with E-state index in [2.05, 4.69) is 89.9 Å². The topological polar surface area (TPSA) is 28.7 Å². The molecular weight excluding hydrogens is 376 g/mol. The predicted molar refractivity (Wildman–Crippen MR) is 126 cm³/mol. The summed E-state index contributed by atoms with van der Waals surface area (Å²) < 4.78 is 0. The third-order valence-corrected chi connectivity index (χ3v) is 6.87. The van der Waals surface area contributed by atoms with Gasteiger partial charge in [0.25, 0.3) is 0 Å². The van der Waals surface area contributed by atoms with Crippen molar-refractivity contribution >= 4 is 0 Å². The van der Waals surface area contributed by atoms with E-state index >= 15 is 0 Å². The van der Waals surface area contributed by atoms with Crippen molar-refractivity contribution in [2.45, 2.75) is 12.8 Å². The number of hydrogen-bond donors (Lipinski definition) is 1. The maximum Gasteiger partial charge on any atom is 0.0964 e. The third kappa shape index (κ3) is 2.36. The number of aromatic nitrogens is 2. The molecule has 1 heterocycles. The summed E-state index contributed by atoms with van der Waals surface area (Å²) >= 11 is 0. The first-order valence-corrected chi connectivity index (χ1v) is 10.8. The van der Waals surface area contributed by atoms with Crippen molar-refractivity contribution in [3.05, 3.63) is 114 Å². The number of aromatic amines is 1. The molecule has 5 aromatic rings. The molecule has 0 saturated heterocycles. The van der Waals surface area contributed by atoms with Gasteiger partial charge in [-0.3, -0.25) is 0 Å². The molecule has 0 aliphatic heterocycles. The van der Waals surface area contributed by atoms with Crippen LogP contribution in [0.25, 0.3) is 44.8 Å². The van der Waals surface area contributed by atoms with Crippen molar-refractivity contribution in [3.63, 3.8) is 0 Å². The molecular formula is C29H20N2. The van der Waals surface area contributed by atoms with Crippen LogP contribution in [0.5, 0.6) is 0 Å². The molecule has 2 heteroatoms. The molecule has 7 rings (SSSR count). The summed E-state index contributed by atoms with van der Waals surface area (Å²) in [5, 5.41) is 0. The number of imidazole rings is 1. The summed E-state index contributed by atoms with van der Waals surface area (Å²) in [6, 6.07) is 30.8. The summed E-state index contributed by atoms with van der Waals surface area (Å²) in [5.74, 6) is 0. The molecule has 31 heavy (non-hydrogen) atoms. The molecule has 4 aromatic carbocycles. The molecule has 2 nitrogen and oxygen atoms in total. The highest BCUT2D eigenvalue weighted by Gasteiger charge is 2.26. The van der Waals surface area contributed by atoms with Gasteiger partial charge in [0.15, 0.2) is 0 Å². The number of H-pyrrole nitrogens is 1. The second-order valence-electron chi connectivity index (χ2n) is 8.46. The Morgan fingerprint density at radius 1 is 0.516 bits per heavy atom. The van der Waals surface area contributed by atoms with Crippen molar-refractivity contribution in [1.82, 2.24) is 9.97 Å². The van der Waals surface area contributed by atoms with Crippen molar-refractivity contribution in [2.75, 3.05) is 0 Å². The summed E-state index contributed by atoms with van der Waals surface area (Å²) in [6.07, 6.45) is 3.78. The average molecular weight is 396 g/mol. The maximum absolute atomic E-state index is 4.82. The number of fused-ring (bicyclic) bond motifs is 6. The van der Waals surface area contributed by atoms with Crippen LogP contribution in [0.15, 0.2) is 91.3 Å². The van der Waals surface area contributed by atoms with Gasteiger partial charge in [0, 0.05) is 11.1 Å². The third-order valence-electron chi connectivity index (χ3n) is 6.87. The summed E-state index contributed by atoms with van der Waals surface area (Å²) in [7, 11) is 0. The molecule has 0 bridgehead atoms. The highest BCUT2D eigenvalue weighted by molar-refractivity contribution is 5.91. The summed E-state index contributed by atoms with van der Waals surface area (Å²) in [5.41, 5.74) is 15.6. The van der Waals surface area contributed by atoms with Crippen molar-refractivity contribution < 1.29 is 0 Å². The molecule has 0 spiro atoms. The van der Waals surface area contributed by atoms with Gasteiger partial charge in [-0.2, -0.15) is 0 Å². The average Bonchev–Trinajstić information content (AvgIpc) is 3.53. The Morgan fingerprint density at radius 3 is 1.71 bits per heavy atom. The number of benzene rings is 4. The molecule has 2 aliphatic rings. The van der Waals surface area contributed by atoms with E-state index in [-0.39, 0.29) is 0 Å². The molecule has 0 amide bonds. The van der Waals surface area contributed by atoms with Crippen molar-refractivity contribution in [2.24, 2.45) is 0 Å². The zero-order chi connectivity index (χ0) is 20.4. The van der Waals surface area contributed by atoms with Crippen LogP contribution < -0.4 is 0 Å². The second kappa shape index (κ2) is 6.29. The fourth-order valence-corrected chi connectivity index (χ4v) is 5.47. The highest BCUT2D eigenvalue weighted by Crippen LogP contribution is 2.45. The Kier molecular flexibility index (Phi) is 3.42. The van der Waals surface area contributed by atoms with Crippen LogP contribution in [-0.4, -0.2) is 9.97 Å². The van der Waals surface area contributed by atoms with Crippen LogP contribution in [-0.2, 0) is 12.8 Å². The molecule has 0 atom stereocenters. The molecule has 0 fully saturated rings. The van der Waals surface area contributed by atoms with Crippen LogP contribution in [0.1, 0.15) is 22.3 Å². The largest absolute Gasteiger partial charge is 0.344 e. The zero-order valence-electron chi connectivity index (χ0n) is 17.0. The Labute approximate surface area is 181 Å². The number of hydrogen-bond acceptors (Lipinski definition) is 1. The monoisotopic (exact) mass is 396 g/mol. The minimum Gasteiger partial charge on any atom is -0.344 e. The SMILES string of the molecule is c1ccc2c(c1)Cc1c-2cccc1-c1nc[nH]c1-c1cccc2c1Cc1ccccc1-2. The fourth-order valence-electron chi connectivity index (χ4n) is 5.47. The van der Waals surface area contributed by atoms with Crippen molar-refractivity contribution in [3.8, 4) is 44.8 Å². The standard InChI is InChI=1S/C29H20N2/c1-3-9-20-18(7-1)15-26-22(20)11-5-13-24(26)28-29(31-17-30-28)25-14-6-12-23-21-10-4-2-8-19(21)16-27(23)25/h1-14,17H,15-16H2,(H,30,31). The van der Waals surface area contributed by atoms with E-state index in [0.29, 0.717) is 0 Å². The Balaban J connectivity index is 1.41. The highest BCUT2D eigenvalue weighted by atomic mass is 14.9. The van der Waals surface area contributed by atoms with Gasteiger partial charge in [-0.05, 0) is 57.3 Å². The van der Waals surface area contributed by atoms with Gasteiger partial charge in [-0.25, -0.2) is 4.98 Å². The molecule has 0 unspecified atom stereocenters. The molecule has 146 valence electrons. The van der Waals surface area contributed by atoms with E-state index in [1.165, 1.54) is 55.6 Å². The first-order valence-electron chi connectivity index (χ1n) is 10.8. The van der Waals surface area contributed by atoms with Crippen LogP contribution in [0.4, 0.5) is 0 Å². The van der Waals surface area contributed by atoms with Crippen LogP contribution in [0, 0.1) is 0 Å². The lowest BCUT2D eigenvalue weighted by molar-refractivity contribution is 1.25. The minimum absolute atomic E-state index is 0.965. The van der Waals surface area contributed by atoms with Gasteiger partial charge in [0.05, 0.1) is 17.7 Å². The molecule has 1 aromatic heterocycles. The van der Waals surface area contributed by atoms with E-state index in [9.17, 15) is 0 Å². The quantitative estimate of drug-likeness (QED) is 0.339. The van der Waals surface area contributed by atoms with Crippen LogP contribution >= 0.6 is 0 Å². The normalized spacial score (nSPS) is 12.9. The van der Waals surface area contributed by atoms with Gasteiger partial charge in [0.1, 0.15) is 0 Å². The second-order valence-corrected chi connectivity index (χ2v) is 8.46. The number of nitrogens with one attached hydrogen (secondary N) is 1. The predicted octanol–water partition coefficient (Wildman–Crippen LogP) is 6.89. The van der Waals surface area contributed by atoms with E-state index < -0.39 is 0 Å². The van der Waals surface area contributed by atoms with Gasteiger partial charge in [-0.1, -0.05) is 84.9 Å². The Bertz CT molecular complexity index is 1380. The van der Waals surface area contributed by atoms with E-state index in [0.717, 1.165) is 24.2 Å². The van der Waals surface area contributed by atoms with Gasteiger partial charge >= 0.3 is 0 Å². The zero-order valence-corrected chi connectivity index (χ0v) is 17.0.